The highest BCUT2D eigenvalue weighted by molar-refractivity contribution is 6.35. The van der Waals surface area contributed by atoms with E-state index in [0.29, 0.717) is 6.04 Å². The van der Waals surface area contributed by atoms with Gasteiger partial charge in [0.2, 0.25) is 0 Å². The minimum absolute atomic E-state index is 0.706. The highest BCUT2D eigenvalue weighted by Gasteiger charge is 2.34. The van der Waals surface area contributed by atoms with Crippen LogP contribution in [-0.2, 0) is 13.6 Å². The molecule has 0 aliphatic carbocycles. The van der Waals surface area contributed by atoms with Crippen molar-refractivity contribution in [3.63, 3.8) is 0 Å². The van der Waals surface area contributed by atoms with Crippen molar-refractivity contribution in [2.24, 2.45) is 7.05 Å². The van der Waals surface area contributed by atoms with Crippen molar-refractivity contribution in [2.45, 2.75) is 37.9 Å². The van der Waals surface area contributed by atoms with Gasteiger partial charge in [-0.3, -0.25) is 14.5 Å². The van der Waals surface area contributed by atoms with E-state index in [-0.39, 0.29) is 0 Å². The molecule has 2 saturated heterocycles. The fourth-order valence-corrected chi connectivity index (χ4v) is 4.48. The van der Waals surface area contributed by atoms with Crippen LogP contribution < -0.4 is 0 Å². The molecule has 0 N–H and O–H groups in total. The molecule has 1 aromatic heterocycles. The number of likely N-dealkylation sites (N-methyl/N-ethyl adjacent to an activating group) is 1. The quantitative estimate of drug-likeness (QED) is 0.851. The predicted molar refractivity (Wildman–Crippen MR) is 90.2 cm³/mol. The molecule has 4 nitrogen and oxygen atoms in total. The van der Waals surface area contributed by atoms with Gasteiger partial charge in [0.1, 0.15) is 0 Å². The summed E-state index contributed by atoms with van der Waals surface area (Å²) in [6.07, 6.45) is 3.97. The number of hydrogen-bond acceptors (Lipinski definition) is 3. The zero-order chi connectivity index (χ0) is 15.3. The molecular formula is C17H23ClN4. The summed E-state index contributed by atoms with van der Waals surface area (Å²) >= 11 is 6.43. The number of benzene rings is 1. The molecule has 5 heteroatoms. The summed E-state index contributed by atoms with van der Waals surface area (Å²) in [5.41, 5.74) is 2.24. The van der Waals surface area contributed by atoms with Crippen LogP contribution in [0.2, 0.25) is 5.02 Å². The number of aryl methyl sites for hydroxylation is 1. The Kier molecular flexibility index (Phi) is 3.63. The number of hydrogen-bond donors (Lipinski definition) is 0. The van der Waals surface area contributed by atoms with E-state index in [2.05, 4.69) is 22.9 Å². The van der Waals surface area contributed by atoms with Crippen LogP contribution in [0, 0.1) is 0 Å². The van der Waals surface area contributed by atoms with Crippen LogP contribution in [0.25, 0.3) is 10.9 Å². The van der Waals surface area contributed by atoms with Gasteiger partial charge in [0.15, 0.2) is 0 Å². The SMILES string of the molecule is CN1[C@@H]2CC[C@H]1CN(Cc1nn(C)c3cccc(Cl)c13)CC2. The standard InChI is InChI=1S/C17H23ClN4/c1-20-12-6-7-13(20)10-22(9-8-12)11-15-17-14(18)4-3-5-16(17)21(2)19-15/h3-5,12-13H,6-11H2,1-2H3/t12-,13+/m1/s1. The van der Waals surface area contributed by atoms with E-state index in [1.165, 1.54) is 19.3 Å². The summed E-state index contributed by atoms with van der Waals surface area (Å²) < 4.78 is 1.95. The van der Waals surface area contributed by atoms with Gasteiger partial charge in [0.05, 0.1) is 16.2 Å². The minimum atomic E-state index is 0.706. The van der Waals surface area contributed by atoms with E-state index in [0.717, 1.165) is 47.3 Å². The van der Waals surface area contributed by atoms with Crippen LogP contribution in [0.15, 0.2) is 18.2 Å². The Morgan fingerprint density at radius 1 is 1.18 bits per heavy atom. The lowest BCUT2D eigenvalue weighted by molar-refractivity contribution is 0.213. The van der Waals surface area contributed by atoms with E-state index in [1.54, 1.807) is 0 Å². The lowest BCUT2D eigenvalue weighted by atomic mass is 10.1. The van der Waals surface area contributed by atoms with E-state index in [1.807, 2.05) is 23.9 Å². The molecule has 0 amide bonds. The number of nitrogens with zero attached hydrogens (tertiary/aromatic N) is 4. The average Bonchev–Trinajstić information content (AvgIpc) is 2.92. The molecule has 1 aromatic carbocycles. The Labute approximate surface area is 136 Å². The van der Waals surface area contributed by atoms with Crippen molar-refractivity contribution < 1.29 is 0 Å². The lowest BCUT2D eigenvalue weighted by Gasteiger charge is -2.25. The number of rotatable bonds is 2. The molecule has 2 aliphatic rings. The summed E-state index contributed by atoms with van der Waals surface area (Å²) in [6, 6.07) is 7.54. The van der Waals surface area contributed by atoms with Crippen molar-refractivity contribution in [3.05, 3.63) is 28.9 Å². The lowest BCUT2D eigenvalue weighted by Crippen LogP contribution is -2.36. The van der Waals surface area contributed by atoms with Crippen molar-refractivity contribution in [3.8, 4) is 0 Å². The molecule has 2 atom stereocenters. The first-order chi connectivity index (χ1) is 10.6. The number of aromatic nitrogens is 2. The van der Waals surface area contributed by atoms with Gasteiger partial charge >= 0.3 is 0 Å². The maximum Gasteiger partial charge on any atom is 0.0858 e. The van der Waals surface area contributed by atoms with Crippen LogP contribution >= 0.6 is 11.6 Å². The third kappa shape index (κ3) is 2.34. The molecule has 0 saturated carbocycles. The zero-order valence-corrected chi connectivity index (χ0v) is 14.1. The molecule has 2 bridgehead atoms. The fraction of sp³-hybridized carbons (Fsp3) is 0.588. The maximum absolute atomic E-state index is 6.43. The second-order valence-electron chi connectivity index (χ2n) is 6.78. The van der Waals surface area contributed by atoms with Crippen LogP contribution in [0.3, 0.4) is 0 Å². The van der Waals surface area contributed by atoms with Crippen molar-refractivity contribution in [2.75, 3.05) is 20.1 Å². The normalized spacial score (nSPS) is 26.7. The van der Waals surface area contributed by atoms with Gasteiger partial charge in [-0.15, -0.1) is 0 Å². The molecule has 0 radical (unpaired) electrons. The zero-order valence-electron chi connectivity index (χ0n) is 13.3. The molecule has 22 heavy (non-hydrogen) atoms. The Hall–Kier alpha value is -1.10. The molecule has 2 aromatic rings. The summed E-state index contributed by atoms with van der Waals surface area (Å²) in [5.74, 6) is 0. The number of likely N-dealkylation sites (tertiary alicyclic amines) is 1. The van der Waals surface area contributed by atoms with Crippen molar-refractivity contribution in [1.82, 2.24) is 19.6 Å². The molecule has 3 heterocycles. The third-order valence-electron chi connectivity index (χ3n) is 5.51. The molecule has 0 unspecified atom stereocenters. The van der Waals surface area contributed by atoms with Gasteiger partial charge in [-0.2, -0.15) is 5.10 Å². The molecule has 2 fully saturated rings. The average molecular weight is 319 g/mol. The summed E-state index contributed by atoms with van der Waals surface area (Å²) in [6.45, 7) is 3.21. The topological polar surface area (TPSA) is 24.3 Å². The monoisotopic (exact) mass is 318 g/mol. The van der Waals surface area contributed by atoms with E-state index < -0.39 is 0 Å². The van der Waals surface area contributed by atoms with E-state index >= 15 is 0 Å². The first-order valence-corrected chi connectivity index (χ1v) is 8.55. The van der Waals surface area contributed by atoms with Gasteiger partial charge in [-0.25, -0.2) is 0 Å². The van der Waals surface area contributed by atoms with Crippen LogP contribution in [0.1, 0.15) is 25.0 Å². The second kappa shape index (κ2) is 5.52. The van der Waals surface area contributed by atoms with Gasteiger partial charge in [0.25, 0.3) is 0 Å². The van der Waals surface area contributed by atoms with Crippen LogP contribution in [0.5, 0.6) is 0 Å². The van der Waals surface area contributed by atoms with Gasteiger partial charge in [0, 0.05) is 44.2 Å². The van der Waals surface area contributed by atoms with E-state index in [4.69, 9.17) is 16.7 Å². The fourth-order valence-electron chi connectivity index (χ4n) is 4.20. The molecular weight excluding hydrogens is 296 g/mol. The number of fused-ring (bicyclic) bond motifs is 3. The molecule has 4 rings (SSSR count). The highest BCUT2D eigenvalue weighted by atomic mass is 35.5. The van der Waals surface area contributed by atoms with Crippen molar-refractivity contribution in [1.29, 1.82) is 0 Å². The summed E-state index contributed by atoms with van der Waals surface area (Å²) in [4.78, 5) is 5.15. The largest absolute Gasteiger partial charge is 0.299 e. The molecule has 0 spiro atoms. The Morgan fingerprint density at radius 3 is 2.86 bits per heavy atom. The first kappa shape index (κ1) is 14.5. The van der Waals surface area contributed by atoms with Gasteiger partial charge in [-0.1, -0.05) is 17.7 Å². The van der Waals surface area contributed by atoms with Crippen LogP contribution in [0.4, 0.5) is 0 Å². The van der Waals surface area contributed by atoms with Crippen LogP contribution in [-0.4, -0.2) is 51.8 Å². The molecule has 2 aliphatic heterocycles. The Morgan fingerprint density at radius 2 is 2.00 bits per heavy atom. The second-order valence-corrected chi connectivity index (χ2v) is 7.19. The Balaban J connectivity index is 1.61. The first-order valence-electron chi connectivity index (χ1n) is 8.18. The van der Waals surface area contributed by atoms with E-state index in [9.17, 15) is 0 Å². The van der Waals surface area contributed by atoms with Gasteiger partial charge < -0.3 is 0 Å². The summed E-state index contributed by atoms with van der Waals surface area (Å²) in [5, 5.41) is 6.67. The third-order valence-corrected chi connectivity index (χ3v) is 5.82. The molecule has 118 valence electrons. The smallest absolute Gasteiger partial charge is 0.0858 e. The van der Waals surface area contributed by atoms with Gasteiger partial charge in [-0.05, 0) is 38.4 Å². The minimum Gasteiger partial charge on any atom is -0.299 e. The Bertz CT molecular complexity index is 695. The van der Waals surface area contributed by atoms with Crippen molar-refractivity contribution >= 4 is 22.5 Å². The predicted octanol–water partition coefficient (Wildman–Crippen LogP) is 2.90. The summed E-state index contributed by atoms with van der Waals surface area (Å²) in [7, 11) is 4.29. The number of halogens is 1. The highest BCUT2D eigenvalue weighted by Crippen LogP contribution is 2.31. The maximum atomic E-state index is 6.43.